The molecule has 0 fully saturated rings. The van der Waals surface area contributed by atoms with Gasteiger partial charge >= 0.3 is 0 Å². The van der Waals surface area contributed by atoms with E-state index in [-0.39, 0.29) is 6.04 Å². The van der Waals surface area contributed by atoms with Crippen LogP contribution in [0.15, 0.2) is 36.5 Å². The van der Waals surface area contributed by atoms with Gasteiger partial charge in [0.25, 0.3) is 0 Å². The average molecular weight is 297 g/mol. The van der Waals surface area contributed by atoms with Crippen molar-refractivity contribution in [1.29, 1.82) is 0 Å². The van der Waals surface area contributed by atoms with E-state index in [0.29, 0.717) is 21.5 Å². The second-order valence-electron chi connectivity index (χ2n) is 4.11. The number of hydrogen-bond acceptors (Lipinski definition) is 3. The minimum absolute atomic E-state index is 0.0480. The normalized spacial score (nSPS) is 12.2. The van der Waals surface area contributed by atoms with Crippen molar-refractivity contribution in [2.24, 2.45) is 5.73 Å². The molecular weight excluding hydrogens is 283 g/mol. The summed E-state index contributed by atoms with van der Waals surface area (Å²) in [6, 6.07) is 8.70. The highest BCUT2D eigenvalue weighted by molar-refractivity contribution is 6.35. The molecule has 0 aliphatic heterocycles. The highest BCUT2D eigenvalue weighted by atomic mass is 35.5. The Hall–Kier alpha value is -1.29. The van der Waals surface area contributed by atoms with Crippen LogP contribution < -0.4 is 10.5 Å². The third-order valence-corrected chi connectivity index (χ3v) is 3.23. The molecule has 1 aromatic carbocycles. The van der Waals surface area contributed by atoms with E-state index in [1.165, 1.54) is 0 Å². The van der Waals surface area contributed by atoms with Gasteiger partial charge in [0, 0.05) is 11.1 Å². The monoisotopic (exact) mass is 296 g/mol. The lowest BCUT2D eigenvalue weighted by Gasteiger charge is -2.10. The van der Waals surface area contributed by atoms with Crippen LogP contribution in [-0.2, 0) is 0 Å². The Morgan fingerprint density at radius 1 is 1.26 bits per heavy atom. The lowest BCUT2D eigenvalue weighted by atomic mass is 10.1. The van der Waals surface area contributed by atoms with Crippen LogP contribution in [0.4, 0.5) is 0 Å². The van der Waals surface area contributed by atoms with E-state index in [4.69, 9.17) is 33.7 Å². The number of halogens is 2. The van der Waals surface area contributed by atoms with Gasteiger partial charge in [-0.15, -0.1) is 0 Å². The minimum Gasteiger partial charge on any atom is -0.454 e. The van der Waals surface area contributed by atoms with Gasteiger partial charge in [-0.2, -0.15) is 0 Å². The molecule has 0 amide bonds. The van der Waals surface area contributed by atoms with E-state index < -0.39 is 0 Å². The molecule has 3 nitrogen and oxygen atoms in total. The van der Waals surface area contributed by atoms with Crippen molar-refractivity contribution in [3.8, 4) is 11.5 Å². The summed E-state index contributed by atoms with van der Waals surface area (Å²) < 4.78 is 5.64. The molecule has 1 unspecified atom stereocenters. The van der Waals surface area contributed by atoms with E-state index in [1.54, 1.807) is 24.4 Å². The Morgan fingerprint density at radius 3 is 2.63 bits per heavy atom. The first-order chi connectivity index (χ1) is 9.10. The molecule has 2 rings (SSSR count). The van der Waals surface area contributed by atoms with Gasteiger partial charge < -0.3 is 10.5 Å². The average Bonchev–Trinajstić information content (AvgIpc) is 2.42. The topological polar surface area (TPSA) is 48.1 Å². The fourth-order valence-electron chi connectivity index (χ4n) is 1.57. The summed E-state index contributed by atoms with van der Waals surface area (Å²) >= 11 is 11.9. The zero-order valence-corrected chi connectivity index (χ0v) is 11.9. The Labute approximate surface area is 122 Å². The van der Waals surface area contributed by atoms with E-state index in [9.17, 15) is 0 Å². The standard InChI is InChI=1S/C14H14Cl2N2O/c1-2-12(17)13-5-4-10(8-18-13)19-14-6-3-9(15)7-11(14)16/h3-8,12H,2,17H2,1H3. The molecule has 0 bridgehead atoms. The van der Waals surface area contributed by atoms with Gasteiger partial charge in [0.2, 0.25) is 0 Å². The highest BCUT2D eigenvalue weighted by Crippen LogP contribution is 2.31. The van der Waals surface area contributed by atoms with Crippen LogP contribution in [0.3, 0.4) is 0 Å². The van der Waals surface area contributed by atoms with Crippen LogP contribution in [0, 0.1) is 0 Å². The maximum absolute atomic E-state index is 6.03. The van der Waals surface area contributed by atoms with Crippen molar-refractivity contribution in [2.75, 3.05) is 0 Å². The highest BCUT2D eigenvalue weighted by Gasteiger charge is 2.07. The maximum Gasteiger partial charge on any atom is 0.146 e. The number of pyridine rings is 1. The number of rotatable bonds is 4. The van der Waals surface area contributed by atoms with Gasteiger partial charge in [-0.25, -0.2) is 0 Å². The first-order valence-corrected chi connectivity index (χ1v) is 6.70. The molecule has 0 saturated carbocycles. The summed E-state index contributed by atoms with van der Waals surface area (Å²) in [4.78, 5) is 4.27. The maximum atomic E-state index is 6.03. The van der Waals surface area contributed by atoms with Gasteiger partial charge in [0.05, 0.1) is 16.9 Å². The van der Waals surface area contributed by atoms with Gasteiger partial charge in [0.1, 0.15) is 11.5 Å². The van der Waals surface area contributed by atoms with Crippen molar-refractivity contribution in [1.82, 2.24) is 4.98 Å². The summed E-state index contributed by atoms with van der Waals surface area (Å²) in [5, 5.41) is 1.03. The van der Waals surface area contributed by atoms with Crippen LogP contribution in [0.25, 0.3) is 0 Å². The number of ether oxygens (including phenoxy) is 1. The molecule has 100 valence electrons. The number of hydrogen-bond donors (Lipinski definition) is 1. The Balaban J connectivity index is 2.15. The Kier molecular flexibility index (Phi) is 4.64. The van der Waals surface area contributed by atoms with Crippen LogP contribution >= 0.6 is 23.2 Å². The van der Waals surface area contributed by atoms with Crippen LogP contribution in [-0.4, -0.2) is 4.98 Å². The molecule has 0 aliphatic rings. The predicted octanol–water partition coefficient (Wildman–Crippen LogP) is 4.59. The molecule has 0 spiro atoms. The predicted molar refractivity (Wildman–Crippen MR) is 78.0 cm³/mol. The van der Waals surface area contributed by atoms with E-state index in [1.807, 2.05) is 19.1 Å². The summed E-state index contributed by atoms with van der Waals surface area (Å²) in [5.41, 5.74) is 6.74. The summed E-state index contributed by atoms with van der Waals surface area (Å²) in [6.07, 6.45) is 2.48. The van der Waals surface area contributed by atoms with E-state index in [0.717, 1.165) is 12.1 Å². The molecular formula is C14H14Cl2N2O. The first kappa shape index (κ1) is 14.1. The van der Waals surface area contributed by atoms with Gasteiger partial charge in [-0.1, -0.05) is 30.1 Å². The van der Waals surface area contributed by atoms with Gasteiger partial charge in [-0.05, 0) is 36.8 Å². The molecule has 2 aromatic rings. The SMILES string of the molecule is CCC(N)c1ccc(Oc2ccc(Cl)cc2Cl)cn1. The quantitative estimate of drug-likeness (QED) is 0.897. The lowest BCUT2D eigenvalue weighted by molar-refractivity contribution is 0.479. The number of nitrogens with two attached hydrogens (primary N) is 1. The van der Waals surface area contributed by atoms with Crippen molar-refractivity contribution in [2.45, 2.75) is 19.4 Å². The molecule has 2 N–H and O–H groups in total. The number of benzene rings is 1. The second-order valence-corrected chi connectivity index (χ2v) is 4.95. The fraction of sp³-hybridized carbons (Fsp3) is 0.214. The van der Waals surface area contributed by atoms with Crippen LogP contribution in [0.1, 0.15) is 25.1 Å². The van der Waals surface area contributed by atoms with Crippen molar-refractivity contribution >= 4 is 23.2 Å². The zero-order valence-electron chi connectivity index (χ0n) is 10.4. The molecule has 5 heteroatoms. The third kappa shape index (κ3) is 3.60. The summed E-state index contributed by atoms with van der Waals surface area (Å²) in [5.74, 6) is 1.15. The van der Waals surface area contributed by atoms with E-state index in [2.05, 4.69) is 4.98 Å². The number of nitrogens with zero attached hydrogens (tertiary/aromatic N) is 1. The molecule has 1 aromatic heterocycles. The number of aromatic nitrogens is 1. The minimum atomic E-state index is -0.0480. The smallest absolute Gasteiger partial charge is 0.146 e. The van der Waals surface area contributed by atoms with E-state index >= 15 is 0 Å². The van der Waals surface area contributed by atoms with Crippen molar-refractivity contribution in [3.63, 3.8) is 0 Å². The fourth-order valence-corrected chi connectivity index (χ4v) is 2.01. The zero-order chi connectivity index (χ0) is 13.8. The second kappa shape index (κ2) is 6.24. The molecule has 0 aliphatic carbocycles. The first-order valence-electron chi connectivity index (χ1n) is 5.94. The van der Waals surface area contributed by atoms with Crippen LogP contribution in [0.5, 0.6) is 11.5 Å². The Morgan fingerprint density at radius 2 is 2.05 bits per heavy atom. The van der Waals surface area contributed by atoms with Crippen LogP contribution in [0.2, 0.25) is 10.0 Å². The van der Waals surface area contributed by atoms with Gasteiger partial charge in [-0.3, -0.25) is 4.98 Å². The summed E-state index contributed by atoms with van der Waals surface area (Å²) in [6.45, 7) is 2.02. The summed E-state index contributed by atoms with van der Waals surface area (Å²) in [7, 11) is 0. The molecule has 0 saturated heterocycles. The molecule has 1 heterocycles. The Bertz CT molecular complexity index is 558. The van der Waals surface area contributed by atoms with Crippen molar-refractivity contribution in [3.05, 3.63) is 52.3 Å². The molecule has 0 radical (unpaired) electrons. The third-order valence-electron chi connectivity index (χ3n) is 2.70. The van der Waals surface area contributed by atoms with Crippen molar-refractivity contribution < 1.29 is 4.74 Å². The molecule has 19 heavy (non-hydrogen) atoms. The van der Waals surface area contributed by atoms with Gasteiger partial charge in [0.15, 0.2) is 0 Å². The molecule has 1 atom stereocenters. The largest absolute Gasteiger partial charge is 0.454 e. The lowest BCUT2D eigenvalue weighted by Crippen LogP contribution is -2.10.